The largest absolute Gasteiger partial charge is 0.481 e. The van der Waals surface area contributed by atoms with Crippen LogP contribution in [-0.4, -0.2) is 30.4 Å². The van der Waals surface area contributed by atoms with E-state index < -0.39 is 16.1 Å². The number of aryl methyl sites for hydroxylation is 4. The summed E-state index contributed by atoms with van der Waals surface area (Å²) in [5.41, 5.74) is 3.33. The van der Waals surface area contributed by atoms with Crippen LogP contribution in [0.15, 0.2) is 53.4 Å². The van der Waals surface area contributed by atoms with E-state index in [4.69, 9.17) is 4.74 Å². The first-order valence-corrected chi connectivity index (χ1v) is 11.5. The Kier molecular flexibility index (Phi) is 6.78. The first-order valence-electron chi connectivity index (χ1n) is 10.0. The lowest BCUT2D eigenvalue weighted by atomic mass is 10.1. The molecule has 9 heteroatoms. The van der Waals surface area contributed by atoms with Crippen molar-refractivity contribution in [2.24, 2.45) is 0 Å². The molecule has 0 aliphatic carbocycles. The Bertz CT molecular complexity index is 1220. The van der Waals surface area contributed by atoms with Crippen LogP contribution < -0.4 is 14.8 Å². The Hall–Kier alpha value is -3.46. The van der Waals surface area contributed by atoms with Crippen molar-refractivity contribution in [3.8, 4) is 5.75 Å². The summed E-state index contributed by atoms with van der Waals surface area (Å²) in [6.45, 7) is 9.08. The molecule has 0 aliphatic rings. The van der Waals surface area contributed by atoms with Gasteiger partial charge in [0, 0.05) is 17.4 Å². The molecule has 0 fully saturated rings. The van der Waals surface area contributed by atoms with Crippen LogP contribution in [0, 0.1) is 27.7 Å². The predicted molar refractivity (Wildman–Crippen MR) is 123 cm³/mol. The average molecular weight is 455 g/mol. The third-order valence-electron chi connectivity index (χ3n) is 4.80. The van der Waals surface area contributed by atoms with Gasteiger partial charge in [-0.2, -0.15) is 0 Å². The molecule has 8 nitrogen and oxygen atoms in total. The van der Waals surface area contributed by atoms with Crippen LogP contribution in [0.3, 0.4) is 0 Å². The van der Waals surface area contributed by atoms with Crippen LogP contribution in [0.5, 0.6) is 5.75 Å². The zero-order chi connectivity index (χ0) is 23.5. The Morgan fingerprint density at radius 1 is 0.938 bits per heavy atom. The maximum atomic E-state index is 12.6. The molecule has 3 aromatic rings. The standard InChI is InChI=1S/C23H26N4O4S/c1-14-6-9-20(12-15(14)2)31-17(4)23(28)26-19-7-10-21(11-8-19)32(29,30)27-22-13-16(3)24-18(5)25-22/h6-13,17H,1-5H3,(H,26,28)(H,24,25,27). The van der Waals surface area contributed by atoms with Gasteiger partial charge in [-0.05, 0) is 82.1 Å². The first-order chi connectivity index (χ1) is 15.0. The zero-order valence-corrected chi connectivity index (χ0v) is 19.4. The molecule has 0 radical (unpaired) electrons. The molecule has 32 heavy (non-hydrogen) atoms. The molecule has 1 atom stereocenters. The van der Waals surface area contributed by atoms with Crippen LogP contribution in [0.25, 0.3) is 0 Å². The number of ether oxygens (including phenoxy) is 1. The van der Waals surface area contributed by atoms with Crippen molar-refractivity contribution >= 4 is 27.4 Å². The van der Waals surface area contributed by atoms with Gasteiger partial charge in [-0.25, -0.2) is 18.4 Å². The van der Waals surface area contributed by atoms with Crippen molar-refractivity contribution in [3.05, 3.63) is 71.2 Å². The molecule has 1 unspecified atom stereocenters. The monoisotopic (exact) mass is 454 g/mol. The summed E-state index contributed by atoms with van der Waals surface area (Å²) in [6.07, 6.45) is -0.730. The van der Waals surface area contributed by atoms with Crippen LogP contribution in [-0.2, 0) is 14.8 Å². The number of nitrogens with one attached hydrogen (secondary N) is 2. The number of nitrogens with zero attached hydrogens (tertiary/aromatic N) is 2. The Balaban J connectivity index is 1.65. The van der Waals surface area contributed by atoms with Crippen molar-refractivity contribution in [2.75, 3.05) is 10.0 Å². The van der Waals surface area contributed by atoms with Gasteiger partial charge in [0.15, 0.2) is 6.10 Å². The van der Waals surface area contributed by atoms with Gasteiger partial charge < -0.3 is 10.1 Å². The Morgan fingerprint density at radius 3 is 2.25 bits per heavy atom. The molecule has 1 amide bonds. The van der Waals surface area contributed by atoms with Crippen molar-refractivity contribution in [3.63, 3.8) is 0 Å². The second kappa shape index (κ2) is 9.35. The quantitative estimate of drug-likeness (QED) is 0.560. The van der Waals surface area contributed by atoms with Crippen LogP contribution in [0.1, 0.15) is 29.6 Å². The highest BCUT2D eigenvalue weighted by Crippen LogP contribution is 2.20. The van der Waals surface area contributed by atoms with E-state index in [1.165, 1.54) is 24.3 Å². The molecule has 2 aromatic carbocycles. The van der Waals surface area contributed by atoms with Gasteiger partial charge in [-0.15, -0.1) is 0 Å². The van der Waals surface area contributed by atoms with Crippen molar-refractivity contribution in [2.45, 2.75) is 45.6 Å². The van der Waals surface area contributed by atoms with Gasteiger partial charge in [0.2, 0.25) is 0 Å². The van der Waals surface area contributed by atoms with Crippen molar-refractivity contribution in [1.82, 2.24) is 9.97 Å². The highest BCUT2D eigenvalue weighted by molar-refractivity contribution is 7.92. The summed E-state index contributed by atoms with van der Waals surface area (Å²) in [5, 5.41) is 2.73. The predicted octanol–water partition coefficient (Wildman–Crippen LogP) is 3.92. The molecule has 0 saturated heterocycles. The smallest absolute Gasteiger partial charge is 0.265 e. The lowest BCUT2D eigenvalue weighted by Crippen LogP contribution is -2.30. The second-order valence-electron chi connectivity index (χ2n) is 7.57. The van der Waals surface area contributed by atoms with Crippen LogP contribution in [0.4, 0.5) is 11.5 Å². The third-order valence-corrected chi connectivity index (χ3v) is 6.17. The number of hydrogen-bond donors (Lipinski definition) is 2. The molecule has 0 spiro atoms. The van der Waals surface area contributed by atoms with Gasteiger partial charge in [-0.3, -0.25) is 9.52 Å². The van der Waals surface area contributed by atoms with Crippen LogP contribution >= 0.6 is 0 Å². The maximum absolute atomic E-state index is 12.6. The maximum Gasteiger partial charge on any atom is 0.265 e. The minimum atomic E-state index is -3.83. The number of aromatic nitrogens is 2. The van der Waals surface area contributed by atoms with E-state index in [0.29, 0.717) is 23.0 Å². The molecule has 0 bridgehead atoms. The molecule has 2 N–H and O–H groups in total. The lowest BCUT2D eigenvalue weighted by Gasteiger charge is -2.16. The van der Waals surface area contributed by atoms with E-state index in [1.54, 1.807) is 26.8 Å². The molecule has 0 saturated carbocycles. The number of anilines is 2. The SMILES string of the molecule is Cc1cc(NS(=O)(=O)c2ccc(NC(=O)C(C)Oc3ccc(C)c(C)c3)cc2)nc(C)n1. The highest BCUT2D eigenvalue weighted by atomic mass is 32.2. The second-order valence-corrected chi connectivity index (χ2v) is 9.25. The van der Waals surface area contributed by atoms with Gasteiger partial charge in [-0.1, -0.05) is 6.07 Å². The normalized spacial score (nSPS) is 12.2. The zero-order valence-electron chi connectivity index (χ0n) is 18.6. The highest BCUT2D eigenvalue weighted by Gasteiger charge is 2.18. The fourth-order valence-electron chi connectivity index (χ4n) is 2.97. The summed E-state index contributed by atoms with van der Waals surface area (Å²) in [7, 11) is -3.83. The van der Waals surface area contributed by atoms with E-state index in [1.807, 2.05) is 32.0 Å². The van der Waals surface area contributed by atoms with Gasteiger partial charge in [0.1, 0.15) is 17.4 Å². The average Bonchev–Trinajstić information content (AvgIpc) is 2.70. The van der Waals surface area contributed by atoms with E-state index >= 15 is 0 Å². The van der Waals surface area contributed by atoms with E-state index in [0.717, 1.165) is 11.1 Å². The summed E-state index contributed by atoms with van der Waals surface area (Å²) in [4.78, 5) is 20.7. The van der Waals surface area contributed by atoms with Gasteiger partial charge >= 0.3 is 0 Å². The van der Waals surface area contributed by atoms with E-state index in [2.05, 4.69) is 20.0 Å². The number of benzene rings is 2. The summed E-state index contributed by atoms with van der Waals surface area (Å²) >= 11 is 0. The van der Waals surface area contributed by atoms with Crippen molar-refractivity contribution < 1.29 is 17.9 Å². The number of amides is 1. The van der Waals surface area contributed by atoms with Gasteiger partial charge in [0.25, 0.3) is 15.9 Å². The lowest BCUT2D eigenvalue weighted by molar-refractivity contribution is -0.122. The summed E-state index contributed by atoms with van der Waals surface area (Å²) < 4.78 is 33.4. The van der Waals surface area contributed by atoms with E-state index in [9.17, 15) is 13.2 Å². The molecule has 3 rings (SSSR count). The fraction of sp³-hybridized carbons (Fsp3) is 0.261. The minimum absolute atomic E-state index is 0.0452. The third kappa shape index (κ3) is 5.82. The molecule has 1 aromatic heterocycles. The molecular formula is C23H26N4O4S. The number of carbonyl (C=O) groups excluding carboxylic acids is 1. The molecule has 1 heterocycles. The molecule has 168 valence electrons. The number of sulfonamides is 1. The Labute approximate surface area is 188 Å². The first kappa shape index (κ1) is 23.2. The fourth-order valence-corrected chi connectivity index (χ4v) is 3.96. The molecular weight excluding hydrogens is 428 g/mol. The number of carbonyl (C=O) groups is 1. The summed E-state index contributed by atoms with van der Waals surface area (Å²) in [6, 6.07) is 13.0. The minimum Gasteiger partial charge on any atom is -0.481 e. The van der Waals surface area contributed by atoms with E-state index in [-0.39, 0.29) is 16.6 Å². The summed E-state index contributed by atoms with van der Waals surface area (Å²) in [5.74, 6) is 0.935. The number of hydrogen-bond acceptors (Lipinski definition) is 6. The van der Waals surface area contributed by atoms with Crippen LogP contribution in [0.2, 0.25) is 0 Å². The topological polar surface area (TPSA) is 110 Å². The van der Waals surface area contributed by atoms with Crippen molar-refractivity contribution in [1.29, 1.82) is 0 Å². The van der Waals surface area contributed by atoms with Gasteiger partial charge in [0.05, 0.1) is 4.90 Å². The molecule has 0 aliphatic heterocycles. The Morgan fingerprint density at radius 2 is 1.62 bits per heavy atom. The number of rotatable bonds is 7.